The Labute approximate surface area is 262 Å². The lowest BCUT2D eigenvalue weighted by molar-refractivity contribution is 0.0649. The molecule has 0 saturated heterocycles. The van der Waals surface area contributed by atoms with Gasteiger partial charge in [-0.3, -0.25) is 0 Å². The number of benzene rings is 1. The van der Waals surface area contributed by atoms with Gasteiger partial charge >= 0.3 is 17.9 Å². The van der Waals surface area contributed by atoms with E-state index in [-0.39, 0.29) is 5.56 Å². The monoisotopic (exact) mass is 621 g/mol. The van der Waals surface area contributed by atoms with Crippen molar-refractivity contribution in [3.8, 4) is 6.07 Å². The lowest BCUT2D eigenvalue weighted by atomic mass is 9.94. The SMILES string of the molecule is CCCCCCCCCC(CCCC#N)c1ncc[nH]1.O=C(O)c1ccc(C(=O)O)c(C(=O)O)c1.c1c[nH]cn1.c1c[nH]cn1. The molecule has 0 bridgehead atoms. The van der Waals surface area contributed by atoms with E-state index in [0.29, 0.717) is 12.3 Å². The maximum atomic E-state index is 10.6. The van der Waals surface area contributed by atoms with Crippen LogP contribution in [-0.4, -0.2) is 63.1 Å². The van der Waals surface area contributed by atoms with Gasteiger partial charge in [-0.05, 0) is 37.5 Å². The van der Waals surface area contributed by atoms with Gasteiger partial charge in [0.2, 0.25) is 0 Å². The zero-order valence-electron chi connectivity index (χ0n) is 25.6. The largest absolute Gasteiger partial charge is 0.478 e. The summed E-state index contributed by atoms with van der Waals surface area (Å²) >= 11 is 0. The van der Waals surface area contributed by atoms with Crippen molar-refractivity contribution in [3.63, 3.8) is 0 Å². The molecule has 242 valence electrons. The Kier molecular flexibility index (Phi) is 20.3. The molecule has 45 heavy (non-hydrogen) atoms. The van der Waals surface area contributed by atoms with E-state index in [1.807, 2.05) is 12.4 Å². The fourth-order valence-corrected chi connectivity index (χ4v) is 4.16. The maximum absolute atomic E-state index is 10.6. The van der Waals surface area contributed by atoms with Crippen LogP contribution in [0.3, 0.4) is 0 Å². The molecule has 6 N–H and O–H groups in total. The fourth-order valence-electron chi connectivity index (χ4n) is 4.16. The molecule has 0 aliphatic heterocycles. The van der Waals surface area contributed by atoms with Crippen molar-refractivity contribution in [1.29, 1.82) is 5.26 Å². The van der Waals surface area contributed by atoms with Crippen LogP contribution in [0.2, 0.25) is 0 Å². The molecule has 1 atom stereocenters. The van der Waals surface area contributed by atoms with E-state index in [1.54, 1.807) is 37.4 Å². The summed E-state index contributed by atoms with van der Waals surface area (Å²) in [5.74, 6) is -2.59. The highest BCUT2D eigenvalue weighted by Crippen LogP contribution is 2.25. The van der Waals surface area contributed by atoms with E-state index < -0.39 is 29.0 Å². The van der Waals surface area contributed by atoms with Crippen molar-refractivity contribution >= 4 is 17.9 Å². The average Bonchev–Trinajstić information content (AvgIpc) is 3.86. The second kappa shape index (κ2) is 24.2. The molecule has 3 aromatic heterocycles. The Morgan fingerprint density at radius 1 is 0.778 bits per heavy atom. The van der Waals surface area contributed by atoms with Crippen LogP contribution in [0.25, 0.3) is 0 Å². The first-order chi connectivity index (χ1) is 21.8. The smallest absolute Gasteiger partial charge is 0.336 e. The number of unbranched alkanes of at least 4 members (excludes halogenated alkanes) is 7. The summed E-state index contributed by atoms with van der Waals surface area (Å²) in [5.41, 5.74) is -1.24. The van der Waals surface area contributed by atoms with Gasteiger partial charge in [0.15, 0.2) is 0 Å². The highest BCUT2D eigenvalue weighted by molar-refractivity contribution is 6.03. The molecule has 0 amide bonds. The molecule has 4 aromatic rings. The number of nitrogens with zero attached hydrogens (tertiary/aromatic N) is 4. The summed E-state index contributed by atoms with van der Waals surface area (Å²) in [7, 11) is 0. The van der Waals surface area contributed by atoms with Crippen molar-refractivity contribution in [1.82, 2.24) is 29.9 Å². The van der Waals surface area contributed by atoms with Gasteiger partial charge in [0, 0.05) is 49.5 Å². The topological polar surface area (TPSA) is 222 Å². The molecule has 13 heteroatoms. The number of carbonyl (C=O) groups is 3. The lowest BCUT2D eigenvalue weighted by Gasteiger charge is -2.13. The van der Waals surface area contributed by atoms with Crippen molar-refractivity contribution in [2.24, 2.45) is 0 Å². The number of nitriles is 1. The molecular weight excluding hydrogens is 578 g/mol. The number of aromatic nitrogens is 6. The van der Waals surface area contributed by atoms with Gasteiger partial charge in [0.05, 0.1) is 35.4 Å². The van der Waals surface area contributed by atoms with Gasteiger partial charge in [0.1, 0.15) is 5.82 Å². The number of H-pyrrole nitrogens is 3. The Morgan fingerprint density at radius 2 is 1.38 bits per heavy atom. The van der Waals surface area contributed by atoms with E-state index in [4.69, 9.17) is 20.6 Å². The first-order valence-electron chi connectivity index (χ1n) is 14.9. The molecule has 0 aliphatic carbocycles. The molecule has 0 spiro atoms. The molecule has 4 rings (SSSR count). The zero-order chi connectivity index (χ0) is 33.1. The van der Waals surface area contributed by atoms with Crippen LogP contribution in [0.15, 0.2) is 68.0 Å². The Bertz CT molecular complexity index is 1290. The Morgan fingerprint density at radius 3 is 1.82 bits per heavy atom. The molecule has 0 aliphatic rings. The number of hydrogen-bond donors (Lipinski definition) is 6. The normalized spacial score (nSPS) is 10.4. The number of carboxylic acids is 3. The van der Waals surface area contributed by atoms with Crippen LogP contribution in [-0.2, 0) is 0 Å². The molecule has 3 heterocycles. The van der Waals surface area contributed by atoms with Gasteiger partial charge in [-0.25, -0.2) is 29.3 Å². The summed E-state index contributed by atoms with van der Waals surface area (Å²) < 4.78 is 0. The number of aromatic carboxylic acids is 3. The van der Waals surface area contributed by atoms with Crippen molar-refractivity contribution in [3.05, 3.63) is 90.5 Å². The van der Waals surface area contributed by atoms with Crippen molar-refractivity contribution < 1.29 is 29.7 Å². The highest BCUT2D eigenvalue weighted by atomic mass is 16.4. The minimum absolute atomic E-state index is 0.266. The maximum Gasteiger partial charge on any atom is 0.336 e. The lowest BCUT2D eigenvalue weighted by Crippen LogP contribution is -2.10. The highest BCUT2D eigenvalue weighted by Gasteiger charge is 2.18. The third-order valence-corrected chi connectivity index (χ3v) is 6.44. The van der Waals surface area contributed by atoms with E-state index >= 15 is 0 Å². The summed E-state index contributed by atoms with van der Waals surface area (Å²) in [6.45, 7) is 2.26. The van der Waals surface area contributed by atoms with E-state index in [2.05, 4.69) is 42.9 Å². The summed E-state index contributed by atoms with van der Waals surface area (Å²) in [6, 6.07) is 5.04. The van der Waals surface area contributed by atoms with Crippen molar-refractivity contribution in [2.45, 2.75) is 83.5 Å². The molecule has 1 unspecified atom stereocenters. The molecular formula is C32H43N7O6. The number of hydrogen-bond acceptors (Lipinski definition) is 7. The van der Waals surface area contributed by atoms with Gasteiger partial charge in [-0.2, -0.15) is 5.26 Å². The predicted molar refractivity (Wildman–Crippen MR) is 168 cm³/mol. The zero-order valence-corrected chi connectivity index (χ0v) is 25.6. The van der Waals surface area contributed by atoms with Crippen LogP contribution in [0, 0.1) is 11.3 Å². The minimum Gasteiger partial charge on any atom is -0.478 e. The molecule has 0 fully saturated rings. The van der Waals surface area contributed by atoms with Gasteiger partial charge in [-0.15, -0.1) is 0 Å². The van der Waals surface area contributed by atoms with Gasteiger partial charge < -0.3 is 30.3 Å². The minimum atomic E-state index is -1.48. The molecule has 13 nitrogen and oxygen atoms in total. The van der Waals surface area contributed by atoms with E-state index in [0.717, 1.165) is 36.9 Å². The van der Waals surface area contributed by atoms with Crippen LogP contribution in [0.4, 0.5) is 0 Å². The fraction of sp³-hybridized carbons (Fsp3) is 0.406. The molecule has 0 saturated carbocycles. The van der Waals surface area contributed by atoms with Crippen LogP contribution < -0.4 is 0 Å². The number of imidazole rings is 3. The average molecular weight is 622 g/mol. The van der Waals surface area contributed by atoms with Gasteiger partial charge in [-0.1, -0.05) is 51.9 Å². The molecule has 1 aromatic carbocycles. The van der Waals surface area contributed by atoms with Crippen LogP contribution >= 0.6 is 0 Å². The standard InChI is InChI=1S/C17H29N3.C9H6O6.2C3H4N2/c1-2-3-4-5-6-7-8-11-16(12-9-10-13-18)17-19-14-15-20-17;10-7(11)4-1-2-5(8(12)13)6(3-4)9(14)15;2*1-2-5-3-4-1/h14-16H,2-12H2,1H3,(H,19,20);1-3H,(H,10,11)(H,12,13)(H,14,15);2*1-3H,(H,4,5). The van der Waals surface area contributed by atoms with Crippen molar-refractivity contribution in [2.75, 3.05) is 0 Å². The van der Waals surface area contributed by atoms with E-state index in [9.17, 15) is 14.4 Å². The summed E-state index contributed by atoms with van der Waals surface area (Å²) in [4.78, 5) is 52.2. The second-order valence-electron chi connectivity index (χ2n) is 9.83. The quantitative estimate of drug-likeness (QED) is 0.0751. The third kappa shape index (κ3) is 17.5. The first-order valence-corrected chi connectivity index (χ1v) is 14.9. The van der Waals surface area contributed by atoms with E-state index in [1.165, 1.54) is 51.4 Å². The molecule has 0 radical (unpaired) electrons. The predicted octanol–water partition coefficient (Wildman–Crippen LogP) is 6.93. The van der Waals surface area contributed by atoms with Crippen LogP contribution in [0.1, 0.15) is 120 Å². The third-order valence-electron chi connectivity index (χ3n) is 6.44. The summed E-state index contributed by atoms with van der Waals surface area (Å²) in [6.07, 6.45) is 27.3. The Balaban J connectivity index is 0.000000349. The first kappa shape index (κ1) is 37.8. The van der Waals surface area contributed by atoms with Crippen LogP contribution in [0.5, 0.6) is 0 Å². The Hall–Kier alpha value is -5.25. The van der Waals surface area contributed by atoms with Gasteiger partial charge in [0.25, 0.3) is 0 Å². The summed E-state index contributed by atoms with van der Waals surface area (Å²) in [5, 5.41) is 34.5. The number of carboxylic acid groups (broad SMARTS) is 3. The number of nitrogens with one attached hydrogen (secondary N) is 3. The number of rotatable bonds is 15. The number of aromatic amines is 3. The second-order valence-corrected chi connectivity index (χ2v) is 9.83.